The van der Waals surface area contributed by atoms with Gasteiger partial charge < -0.3 is 5.11 Å². The standard InChI is InChI=1S/C8H7NO2/c9-5-6-1-3-7(4-2-6)8(10)11/h1,3H,2,4H2,(H,10,11). The lowest BCUT2D eigenvalue weighted by atomic mass is 10.00. The zero-order chi connectivity index (χ0) is 8.27. The minimum Gasteiger partial charge on any atom is -0.478 e. The summed E-state index contributed by atoms with van der Waals surface area (Å²) in [6, 6.07) is 1.99. The van der Waals surface area contributed by atoms with Gasteiger partial charge >= 0.3 is 5.97 Å². The van der Waals surface area contributed by atoms with Gasteiger partial charge in [0.2, 0.25) is 0 Å². The monoisotopic (exact) mass is 149 g/mol. The number of nitrogens with zero attached hydrogens (tertiary/aromatic N) is 1. The van der Waals surface area contributed by atoms with Gasteiger partial charge in [-0.15, -0.1) is 0 Å². The smallest absolute Gasteiger partial charge is 0.331 e. The Labute approximate surface area is 64.3 Å². The molecule has 0 atom stereocenters. The lowest BCUT2D eigenvalue weighted by Crippen LogP contribution is -2.03. The van der Waals surface area contributed by atoms with Gasteiger partial charge in [0.25, 0.3) is 0 Å². The van der Waals surface area contributed by atoms with Crippen molar-refractivity contribution >= 4 is 5.97 Å². The molecule has 3 nitrogen and oxygen atoms in total. The van der Waals surface area contributed by atoms with E-state index in [-0.39, 0.29) is 0 Å². The molecule has 1 aliphatic carbocycles. The minimum atomic E-state index is -0.891. The third kappa shape index (κ3) is 1.68. The van der Waals surface area contributed by atoms with Crippen molar-refractivity contribution in [1.82, 2.24) is 0 Å². The summed E-state index contributed by atoms with van der Waals surface area (Å²) < 4.78 is 0. The number of hydrogen-bond donors (Lipinski definition) is 1. The number of carbonyl (C=O) groups is 1. The Morgan fingerprint density at radius 3 is 2.64 bits per heavy atom. The van der Waals surface area contributed by atoms with E-state index in [0.29, 0.717) is 24.0 Å². The first-order valence-corrected chi connectivity index (χ1v) is 3.27. The fourth-order valence-electron chi connectivity index (χ4n) is 0.909. The molecule has 0 unspecified atom stereocenters. The average molecular weight is 149 g/mol. The largest absolute Gasteiger partial charge is 0.478 e. The van der Waals surface area contributed by atoms with Crippen molar-refractivity contribution < 1.29 is 9.90 Å². The van der Waals surface area contributed by atoms with Gasteiger partial charge in [-0.05, 0) is 18.9 Å². The number of aliphatic carboxylic acids is 1. The van der Waals surface area contributed by atoms with Crippen molar-refractivity contribution in [2.24, 2.45) is 0 Å². The SMILES string of the molecule is N#CC1=CC=C(C(=O)O)CC1. The number of carboxylic acid groups (broad SMARTS) is 1. The van der Waals surface area contributed by atoms with E-state index in [4.69, 9.17) is 10.4 Å². The predicted octanol–water partition coefficient (Wildman–Crippen LogP) is 1.24. The van der Waals surface area contributed by atoms with E-state index in [2.05, 4.69) is 0 Å². The van der Waals surface area contributed by atoms with Crippen LogP contribution in [0.4, 0.5) is 0 Å². The van der Waals surface area contributed by atoms with Crippen molar-refractivity contribution in [3.63, 3.8) is 0 Å². The summed E-state index contributed by atoms with van der Waals surface area (Å²) in [7, 11) is 0. The van der Waals surface area contributed by atoms with E-state index < -0.39 is 5.97 Å². The van der Waals surface area contributed by atoms with Crippen LogP contribution in [0.2, 0.25) is 0 Å². The maximum absolute atomic E-state index is 10.4. The summed E-state index contributed by atoms with van der Waals surface area (Å²) in [6.07, 6.45) is 4.07. The Morgan fingerprint density at radius 1 is 1.55 bits per heavy atom. The molecule has 0 saturated carbocycles. The van der Waals surface area contributed by atoms with Crippen LogP contribution in [-0.4, -0.2) is 11.1 Å². The molecule has 0 saturated heterocycles. The first kappa shape index (κ1) is 7.55. The van der Waals surface area contributed by atoms with Gasteiger partial charge in [-0.1, -0.05) is 6.08 Å². The van der Waals surface area contributed by atoms with E-state index in [1.54, 1.807) is 6.08 Å². The highest BCUT2D eigenvalue weighted by atomic mass is 16.4. The fourth-order valence-corrected chi connectivity index (χ4v) is 0.909. The summed E-state index contributed by atoms with van der Waals surface area (Å²) in [5, 5.41) is 16.9. The summed E-state index contributed by atoms with van der Waals surface area (Å²) in [5.41, 5.74) is 1.03. The van der Waals surface area contributed by atoms with Gasteiger partial charge in [-0.25, -0.2) is 4.79 Å². The van der Waals surface area contributed by atoms with Gasteiger partial charge in [0.05, 0.1) is 6.07 Å². The topological polar surface area (TPSA) is 61.1 Å². The summed E-state index contributed by atoms with van der Waals surface area (Å²) in [5.74, 6) is -0.891. The first-order chi connectivity index (χ1) is 5.24. The van der Waals surface area contributed by atoms with Crippen LogP contribution in [0.15, 0.2) is 23.3 Å². The highest BCUT2D eigenvalue weighted by Gasteiger charge is 2.10. The molecule has 0 heterocycles. The molecular formula is C8H7NO2. The van der Waals surface area contributed by atoms with Crippen molar-refractivity contribution in [2.75, 3.05) is 0 Å². The molecule has 0 fully saturated rings. The number of hydrogen-bond acceptors (Lipinski definition) is 2. The second kappa shape index (κ2) is 3.02. The maximum atomic E-state index is 10.4. The van der Waals surface area contributed by atoms with Crippen molar-refractivity contribution in [3.8, 4) is 6.07 Å². The second-order valence-corrected chi connectivity index (χ2v) is 2.30. The molecule has 0 aromatic heterocycles. The molecule has 3 heteroatoms. The van der Waals surface area contributed by atoms with Gasteiger partial charge in [0.15, 0.2) is 0 Å². The lowest BCUT2D eigenvalue weighted by Gasteiger charge is -2.04. The summed E-state index contributed by atoms with van der Waals surface area (Å²) >= 11 is 0. The van der Waals surface area contributed by atoms with Crippen LogP contribution in [0.3, 0.4) is 0 Å². The maximum Gasteiger partial charge on any atom is 0.331 e. The van der Waals surface area contributed by atoms with Crippen LogP contribution in [0.5, 0.6) is 0 Å². The van der Waals surface area contributed by atoms with Gasteiger partial charge in [0, 0.05) is 11.1 Å². The molecule has 56 valence electrons. The molecule has 0 aliphatic heterocycles. The fraction of sp³-hybridized carbons (Fsp3) is 0.250. The molecule has 0 aromatic carbocycles. The van der Waals surface area contributed by atoms with E-state index in [1.807, 2.05) is 6.07 Å². The first-order valence-electron chi connectivity index (χ1n) is 3.27. The number of rotatable bonds is 1. The van der Waals surface area contributed by atoms with Crippen LogP contribution in [0.25, 0.3) is 0 Å². The molecule has 0 spiro atoms. The Bertz CT molecular complexity index is 281. The van der Waals surface area contributed by atoms with Gasteiger partial charge in [-0.2, -0.15) is 5.26 Å². The summed E-state index contributed by atoms with van der Waals surface area (Å²) in [6.45, 7) is 0. The van der Waals surface area contributed by atoms with Crippen LogP contribution >= 0.6 is 0 Å². The normalized spacial score (nSPS) is 16.3. The second-order valence-electron chi connectivity index (χ2n) is 2.30. The molecule has 0 aromatic rings. The van der Waals surface area contributed by atoms with Gasteiger partial charge in [0.1, 0.15) is 0 Å². The molecule has 0 radical (unpaired) electrons. The Kier molecular flexibility index (Phi) is 2.07. The molecule has 0 amide bonds. The third-order valence-electron chi connectivity index (χ3n) is 1.57. The van der Waals surface area contributed by atoms with E-state index in [1.165, 1.54) is 6.08 Å². The average Bonchev–Trinajstić information content (AvgIpc) is 2.05. The van der Waals surface area contributed by atoms with Crippen LogP contribution < -0.4 is 0 Å². The summed E-state index contributed by atoms with van der Waals surface area (Å²) in [4.78, 5) is 10.4. The third-order valence-corrected chi connectivity index (χ3v) is 1.57. The number of carboxylic acids is 1. The molecular weight excluding hydrogens is 142 g/mol. The lowest BCUT2D eigenvalue weighted by molar-refractivity contribution is -0.132. The molecule has 1 N–H and O–H groups in total. The number of allylic oxidation sites excluding steroid dienone is 3. The van der Waals surface area contributed by atoms with E-state index in [0.717, 1.165) is 0 Å². The minimum absolute atomic E-state index is 0.379. The molecule has 0 bridgehead atoms. The zero-order valence-corrected chi connectivity index (χ0v) is 5.87. The van der Waals surface area contributed by atoms with E-state index >= 15 is 0 Å². The molecule has 1 rings (SSSR count). The van der Waals surface area contributed by atoms with Crippen molar-refractivity contribution in [3.05, 3.63) is 23.3 Å². The van der Waals surface area contributed by atoms with Crippen molar-refractivity contribution in [1.29, 1.82) is 5.26 Å². The Hall–Kier alpha value is -1.56. The quantitative estimate of drug-likeness (QED) is 0.610. The Balaban J connectivity index is 2.79. The highest BCUT2D eigenvalue weighted by Crippen LogP contribution is 2.17. The highest BCUT2D eigenvalue weighted by molar-refractivity contribution is 5.87. The predicted molar refractivity (Wildman–Crippen MR) is 38.6 cm³/mol. The molecule has 11 heavy (non-hydrogen) atoms. The zero-order valence-electron chi connectivity index (χ0n) is 5.87. The Morgan fingerprint density at radius 2 is 2.27 bits per heavy atom. The van der Waals surface area contributed by atoms with E-state index in [9.17, 15) is 4.79 Å². The van der Waals surface area contributed by atoms with Crippen LogP contribution in [0, 0.1) is 11.3 Å². The van der Waals surface area contributed by atoms with Crippen LogP contribution in [0.1, 0.15) is 12.8 Å². The van der Waals surface area contributed by atoms with Crippen molar-refractivity contribution in [2.45, 2.75) is 12.8 Å². The number of nitriles is 1. The van der Waals surface area contributed by atoms with Gasteiger partial charge in [-0.3, -0.25) is 0 Å². The van der Waals surface area contributed by atoms with Crippen LogP contribution in [-0.2, 0) is 4.79 Å². The molecule has 1 aliphatic rings.